The molecular formula is C22H18FN3O3S. The number of benzene rings is 2. The van der Waals surface area contributed by atoms with Crippen LogP contribution in [0.3, 0.4) is 0 Å². The van der Waals surface area contributed by atoms with Crippen molar-refractivity contribution in [3.05, 3.63) is 88.9 Å². The van der Waals surface area contributed by atoms with Gasteiger partial charge in [0.2, 0.25) is 0 Å². The Bertz CT molecular complexity index is 1150. The van der Waals surface area contributed by atoms with Gasteiger partial charge < -0.3 is 9.47 Å². The number of carbonyl (C=O) groups excluding carboxylic acids is 1. The van der Waals surface area contributed by atoms with Gasteiger partial charge in [0.1, 0.15) is 35.4 Å². The molecular weight excluding hydrogens is 405 g/mol. The molecule has 2 aromatic heterocycles. The van der Waals surface area contributed by atoms with Gasteiger partial charge in [-0.2, -0.15) is 5.10 Å². The smallest absolute Gasteiger partial charge is 0.342 e. The van der Waals surface area contributed by atoms with E-state index in [1.165, 1.54) is 23.5 Å². The molecule has 0 N–H and O–H groups in total. The van der Waals surface area contributed by atoms with E-state index < -0.39 is 5.97 Å². The van der Waals surface area contributed by atoms with Crippen molar-refractivity contribution < 1.29 is 18.7 Å². The fraction of sp³-hybridized carbons (Fsp3) is 0.136. The molecule has 0 saturated carbocycles. The lowest BCUT2D eigenvalue weighted by molar-refractivity contribution is 0.0463. The third-order valence-corrected chi connectivity index (χ3v) is 5.21. The lowest BCUT2D eigenvalue weighted by Crippen LogP contribution is -2.08. The number of ether oxygens (including phenoxy) is 2. The van der Waals surface area contributed by atoms with Crippen LogP contribution in [0.2, 0.25) is 0 Å². The topological polar surface area (TPSA) is 66.2 Å². The molecule has 4 rings (SSSR count). The Morgan fingerprint density at radius 1 is 1.13 bits per heavy atom. The highest BCUT2D eigenvalue weighted by atomic mass is 32.1. The third-order valence-electron chi connectivity index (χ3n) is 4.27. The molecule has 0 saturated heterocycles. The van der Waals surface area contributed by atoms with Crippen LogP contribution in [-0.2, 0) is 25.0 Å². The number of para-hydroxylation sites is 1. The summed E-state index contributed by atoms with van der Waals surface area (Å²) in [5.74, 6) is -0.404. The highest BCUT2D eigenvalue weighted by molar-refractivity contribution is 7.13. The van der Waals surface area contributed by atoms with Crippen molar-refractivity contribution in [2.24, 2.45) is 7.05 Å². The number of esters is 1. The second-order valence-electron chi connectivity index (χ2n) is 6.53. The van der Waals surface area contributed by atoms with Gasteiger partial charge in [-0.15, -0.1) is 11.3 Å². The van der Waals surface area contributed by atoms with Crippen LogP contribution in [0.1, 0.15) is 21.6 Å². The molecule has 6 nitrogen and oxygen atoms in total. The Morgan fingerprint density at radius 3 is 2.70 bits per heavy atom. The van der Waals surface area contributed by atoms with E-state index in [4.69, 9.17) is 9.47 Å². The predicted octanol–water partition coefficient (Wildman–Crippen LogP) is 4.62. The summed E-state index contributed by atoms with van der Waals surface area (Å²) < 4.78 is 25.9. The van der Waals surface area contributed by atoms with E-state index in [0.29, 0.717) is 17.0 Å². The molecule has 0 aliphatic carbocycles. The first-order chi connectivity index (χ1) is 14.6. The molecule has 0 bridgehead atoms. The maximum absolute atomic E-state index is 13.0. The van der Waals surface area contributed by atoms with Gasteiger partial charge in [-0.1, -0.05) is 24.3 Å². The van der Waals surface area contributed by atoms with Gasteiger partial charge in [0.25, 0.3) is 0 Å². The number of hydrogen-bond donors (Lipinski definition) is 0. The van der Waals surface area contributed by atoms with Gasteiger partial charge in [-0.05, 0) is 29.8 Å². The minimum atomic E-state index is -0.499. The monoisotopic (exact) mass is 423 g/mol. The number of hydrogen-bond acceptors (Lipinski definition) is 6. The lowest BCUT2D eigenvalue weighted by Gasteiger charge is -2.11. The Kier molecular flexibility index (Phi) is 5.85. The van der Waals surface area contributed by atoms with Gasteiger partial charge in [0.15, 0.2) is 0 Å². The standard InChI is InChI=1S/C22H18FN3O3S/c1-26-11-16(10-24-26)21-25-18(14-30-21)13-29-22(27)19-4-2-3-5-20(19)28-12-15-6-8-17(23)9-7-15/h2-11,14H,12-13H2,1H3. The molecule has 30 heavy (non-hydrogen) atoms. The summed E-state index contributed by atoms with van der Waals surface area (Å²) in [6.07, 6.45) is 3.62. The fourth-order valence-corrected chi connectivity index (χ4v) is 3.54. The largest absolute Gasteiger partial charge is 0.488 e. The molecule has 2 heterocycles. The lowest BCUT2D eigenvalue weighted by atomic mass is 10.2. The van der Waals surface area contributed by atoms with Crippen LogP contribution >= 0.6 is 11.3 Å². The normalized spacial score (nSPS) is 10.7. The van der Waals surface area contributed by atoms with Crippen molar-refractivity contribution in [2.75, 3.05) is 0 Å². The van der Waals surface area contributed by atoms with Crippen LogP contribution in [0.15, 0.2) is 66.3 Å². The Balaban J connectivity index is 1.39. The minimum absolute atomic E-state index is 0.0574. The quantitative estimate of drug-likeness (QED) is 0.406. The molecule has 0 radical (unpaired) electrons. The molecule has 0 spiro atoms. The van der Waals surface area contributed by atoms with Gasteiger partial charge in [-0.25, -0.2) is 14.2 Å². The number of aryl methyl sites for hydroxylation is 1. The summed E-state index contributed by atoms with van der Waals surface area (Å²) in [5, 5.41) is 6.81. The van der Waals surface area contributed by atoms with E-state index in [-0.39, 0.29) is 19.0 Å². The summed E-state index contributed by atoms with van der Waals surface area (Å²) >= 11 is 1.47. The summed E-state index contributed by atoms with van der Waals surface area (Å²) in [4.78, 5) is 17.1. The maximum Gasteiger partial charge on any atom is 0.342 e. The molecule has 152 valence electrons. The van der Waals surface area contributed by atoms with Gasteiger partial charge in [0.05, 0.1) is 11.9 Å². The Hall–Kier alpha value is -3.52. The van der Waals surface area contributed by atoms with Crippen LogP contribution in [0.25, 0.3) is 10.6 Å². The van der Waals surface area contributed by atoms with Crippen LogP contribution in [0.5, 0.6) is 5.75 Å². The number of rotatable bonds is 7. The molecule has 0 unspecified atom stereocenters. The van der Waals surface area contributed by atoms with E-state index in [0.717, 1.165) is 16.1 Å². The van der Waals surface area contributed by atoms with Crippen molar-refractivity contribution in [1.29, 1.82) is 0 Å². The van der Waals surface area contributed by atoms with Crippen molar-refractivity contribution in [2.45, 2.75) is 13.2 Å². The van der Waals surface area contributed by atoms with Crippen molar-refractivity contribution in [1.82, 2.24) is 14.8 Å². The van der Waals surface area contributed by atoms with Gasteiger partial charge >= 0.3 is 5.97 Å². The molecule has 8 heteroatoms. The van der Waals surface area contributed by atoms with E-state index in [2.05, 4.69) is 10.1 Å². The van der Waals surface area contributed by atoms with E-state index in [1.54, 1.807) is 47.3 Å². The van der Waals surface area contributed by atoms with E-state index in [1.807, 2.05) is 18.6 Å². The van der Waals surface area contributed by atoms with E-state index >= 15 is 0 Å². The van der Waals surface area contributed by atoms with Crippen LogP contribution in [0.4, 0.5) is 4.39 Å². The van der Waals surface area contributed by atoms with Crippen molar-refractivity contribution >= 4 is 17.3 Å². The number of aromatic nitrogens is 3. The molecule has 0 aliphatic heterocycles. The molecule has 0 aliphatic rings. The van der Waals surface area contributed by atoms with Crippen molar-refractivity contribution in [3.8, 4) is 16.3 Å². The number of halogens is 1. The third kappa shape index (κ3) is 4.72. The molecule has 0 atom stereocenters. The molecule has 4 aromatic rings. The zero-order valence-corrected chi connectivity index (χ0v) is 16.9. The Morgan fingerprint density at radius 2 is 1.93 bits per heavy atom. The van der Waals surface area contributed by atoms with Crippen LogP contribution in [0, 0.1) is 5.82 Å². The first-order valence-corrected chi connectivity index (χ1v) is 10.0. The van der Waals surface area contributed by atoms with Gasteiger partial charge in [0, 0.05) is 24.2 Å². The van der Waals surface area contributed by atoms with Crippen molar-refractivity contribution in [3.63, 3.8) is 0 Å². The first-order valence-electron chi connectivity index (χ1n) is 9.15. The number of nitrogens with zero attached hydrogens (tertiary/aromatic N) is 3. The fourth-order valence-electron chi connectivity index (χ4n) is 2.76. The molecule has 0 amide bonds. The average molecular weight is 423 g/mol. The molecule has 2 aromatic carbocycles. The summed E-state index contributed by atoms with van der Waals surface area (Å²) in [6, 6.07) is 12.9. The predicted molar refractivity (Wildman–Crippen MR) is 111 cm³/mol. The van der Waals surface area contributed by atoms with E-state index in [9.17, 15) is 9.18 Å². The number of carbonyl (C=O) groups is 1. The first kappa shape index (κ1) is 19.8. The number of thiazole rings is 1. The maximum atomic E-state index is 13.0. The summed E-state index contributed by atoms with van der Waals surface area (Å²) in [6.45, 7) is 0.271. The molecule has 0 fully saturated rings. The second kappa shape index (κ2) is 8.87. The SMILES string of the molecule is Cn1cc(-c2nc(COC(=O)c3ccccc3OCc3ccc(F)cc3)cs2)cn1. The van der Waals surface area contributed by atoms with Gasteiger partial charge in [-0.3, -0.25) is 4.68 Å². The van der Waals surface area contributed by atoms with Crippen LogP contribution < -0.4 is 4.74 Å². The zero-order chi connectivity index (χ0) is 20.9. The summed E-state index contributed by atoms with van der Waals surface area (Å²) in [5.41, 5.74) is 2.70. The highest BCUT2D eigenvalue weighted by Gasteiger charge is 2.15. The zero-order valence-electron chi connectivity index (χ0n) is 16.1. The Labute approximate surface area is 176 Å². The second-order valence-corrected chi connectivity index (χ2v) is 7.39. The van der Waals surface area contributed by atoms with Crippen LogP contribution in [-0.4, -0.2) is 20.7 Å². The summed E-state index contributed by atoms with van der Waals surface area (Å²) in [7, 11) is 1.84. The highest BCUT2D eigenvalue weighted by Crippen LogP contribution is 2.24. The average Bonchev–Trinajstić information content (AvgIpc) is 3.41. The minimum Gasteiger partial charge on any atom is -0.488 e.